The maximum atomic E-state index is 12.6. The number of imidazole rings is 1. The quantitative estimate of drug-likeness (QED) is 0.516. The number of amides is 1. The molecule has 0 radical (unpaired) electrons. The molecule has 27 heavy (non-hydrogen) atoms. The fourth-order valence-corrected chi connectivity index (χ4v) is 3.36. The van der Waals surface area contributed by atoms with Crippen LogP contribution in [0.25, 0.3) is 21.9 Å². The molecule has 0 fully saturated rings. The Hall–Kier alpha value is -3.28. The zero-order valence-corrected chi connectivity index (χ0v) is 15.5. The average molecular weight is 362 g/mol. The molecule has 0 unspecified atom stereocenters. The van der Waals surface area contributed by atoms with Crippen LogP contribution >= 0.6 is 0 Å². The molecule has 6 nitrogen and oxygen atoms in total. The molecule has 4 aromatic rings. The van der Waals surface area contributed by atoms with E-state index < -0.39 is 0 Å². The van der Waals surface area contributed by atoms with Gasteiger partial charge in [0.2, 0.25) is 0 Å². The first kappa shape index (κ1) is 17.1. The van der Waals surface area contributed by atoms with Gasteiger partial charge in [-0.25, -0.2) is 4.98 Å². The number of nitrogens with one attached hydrogen (secondary N) is 2. The number of carbonyl (C=O) groups is 1. The third-order valence-corrected chi connectivity index (χ3v) is 4.76. The number of ether oxygens (including phenoxy) is 1. The standard InChI is InChI=1S/C21H22N4O2/c1-25-13-16(15-12-14(27-2)9-10-19(15)25)21(26)22-11-5-8-20-23-17-6-3-4-7-18(17)24-20/h3-4,6-7,9-10,12-13H,5,8,11H2,1-2H3,(H,22,26)(H,23,24). The summed E-state index contributed by atoms with van der Waals surface area (Å²) >= 11 is 0. The lowest BCUT2D eigenvalue weighted by Gasteiger charge is -2.04. The van der Waals surface area contributed by atoms with Crippen molar-refractivity contribution in [1.29, 1.82) is 0 Å². The lowest BCUT2D eigenvalue weighted by Crippen LogP contribution is -2.24. The maximum Gasteiger partial charge on any atom is 0.253 e. The first-order chi connectivity index (χ1) is 13.2. The lowest BCUT2D eigenvalue weighted by molar-refractivity contribution is 0.0954. The fourth-order valence-electron chi connectivity index (χ4n) is 3.36. The zero-order chi connectivity index (χ0) is 18.8. The number of hydrogen-bond acceptors (Lipinski definition) is 3. The number of rotatable bonds is 6. The van der Waals surface area contributed by atoms with Crippen LogP contribution in [-0.4, -0.2) is 34.1 Å². The number of para-hydroxylation sites is 2. The molecule has 0 spiro atoms. The van der Waals surface area contributed by atoms with E-state index in [2.05, 4.69) is 15.3 Å². The van der Waals surface area contributed by atoms with Gasteiger partial charge < -0.3 is 19.6 Å². The number of hydrogen-bond donors (Lipinski definition) is 2. The molecule has 0 bridgehead atoms. The molecule has 2 heterocycles. The van der Waals surface area contributed by atoms with Gasteiger partial charge in [0.05, 0.1) is 23.7 Å². The van der Waals surface area contributed by atoms with Crippen LogP contribution in [0.5, 0.6) is 5.75 Å². The van der Waals surface area contributed by atoms with Gasteiger partial charge in [-0.3, -0.25) is 4.79 Å². The molecule has 0 aliphatic rings. The number of aromatic nitrogens is 3. The number of methoxy groups -OCH3 is 1. The number of aromatic amines is 1. The summed E-state index contributed by atoms with van der Waals surface area (Å²) in [5.41, 5.74) is 3.68. The smallest absolute Gasteiger partial charge is 0.253 e. The Labute approximate surface area is 157 Å². The Morgan fingerprint density at radius 2 is 2.11 bits per heavy atom. The van der Waals surface area contributed by atoms with Crippen LogP contribution in [0.2, 0.25) is 0 Å². The van der Waals surface area contributed by atoms with Crippen LogP contribution in [0.1, 0.15) is 22.6 Å². The van der Waals surface area contributed by atoms with E-state index in [1.54, 1.807) is 7.11 Å². The van der Waals surface area contributed by atoms with E-state index in [0.29, 0.717) is 12.1 Å². The number of H-pyrrole nitrogens is 1. The minimum absolute atomic E-state index is 0.0709. The average Bonchev–Trinajstić information content (AvgIpc) is 3.25. The van der Waals surface area contributed by atoms with E-state index >= 15 is 0 Å². The summed E-state index contributed by atoms with van der Waals surface area (Å²) in [4.78, 5) is 20.5. The highest BCUT2D eigenvalue weighted by atomic mass is 16.5. The Bertz CT molecular complexity index is 1080. The molecule has 0 saturated carbocycles. The zero-order valence-electron chi connectivity index (χ0n) is 15.5. The maximum absolute atomic E-state index is 12.6. The minimum Gasteiger partial charge on any atom is -0.497 e. The van der Waals surface area contributed by atoms with Crippen molar-refractivity contribution in [2.45, 2.75) is 12.8 Å². The number of aryl methyl sites for hydroxylation is 2. The normalized spacial score (nSPS) is 11.2. The SMILES string of the molecule is COc1ccc2c(c1)c(C(=O)NCCCc1nc3ccccc3[nH]1)cn2C. The summed E-state index contributed by atoms with van der Waals surface area (Å²) in [6, 6.07) is 13.7. The van der Waals surface area contributed by atoms with Gasteiger partial charge in [0, 0.05) is 37.1 Å². The molecule has 2 aromatic heterocycles. The van der Waals surface area contributed by atoms with E-state index in [4.69, 9.17) is 4.74 Å². The molecule has 1 amide bonds. The third kappa shape index (κ3) is 3.38. The molecular weight excluding hydrogens is 340 g/mol. The second kappa shape index (κ2) is 7.15. The molecule has 0 aliphatic carbocycles. The van der Waals surface area contributed by atoms with Crippen LogP contribution in [0, 0.1) is 0 Å². The highest BCUT2D eigenvalue weighted by Gasteiger charge is 2.14. The molecule has 2 aromatic carbocycles. The highest BCUT2D eigenvalue weighted by Crippen LogP contribution is 2.25. The topological polar surface area (TPSA) is 71.9 Å². The van der Waals surface area contributed by atoms with E-state index in [1.165, 1.54) is 0 Å². The Morgan fingerprint density at radius 1 is 1.26 bits per heavy atom. The second-order valence-corrected chi connectivity index (χ2v) is 6.60. The summed E-state index contributed by atoms with van der Waals surface area (Å²) in [6.45, 7) is 0.593. The van der Waals surface area contributed by atoms with Crippen LogP contribution in [0.4, 0.5) is 0 Å². The predicted octanol–water partition coefficient (Wildman–Crippen LogP) is 3.43. The van der Waals surface area contributed by atoms with Crippen molar-refractivity contribution in [2.75, 3.05) is 13.7 Å². The van der Waals surface area contributed by atoms with Crippen molar-refractivity contribution in [2.24, 2.45) is 7.05 Å². The van der Waals surface area contributed by atoms with Gasteiger partial charge in [-0.1, -0.05) is 12.1 Å². The van der Waals surface area contributed by atoms with Gasteiger partial charge in [0.1, 0.15) is 11.6 Å². The largest absolute Gasteiger partial charge is 0.497 e. The Balaban J connectivity index is 1.40. The Kier molecular flexibility index (Phi) is 4.54. The monoisotopic (exact) mass is 362 g/mol. The Morgan fingerprint density at radius 3 is 2.93 bits per heavy atom. The van der Waals surface area contributed by atoms with E-state index in [9.17, 15) is 4.79 Å². The summed E-state index contributed by atoms with van der Waals surface area (Å²) in [5, 5.41) is 3.91. The minimum atomic E-state index is -0.0709. The molecule has 4 rings (SSSR count). The lowest BCUT2D eigenvalue weighted by atomic mass is 10.1. The van der Waals surface area contributed by atoms with Crippen molar-refractivity contribution >= 4 is 27.8 Å². The molecule has 0 atom stereocenters. The van der Waals surface area contributed by atoms with Crippen molar-refractivity contribution in [3.63, 3.8) is 0 Å². The van der Waals surface area contributed by atoms with Crippen LogP contribution in [0.15, 0.2) is 48.7 Å². The first-order valence-corrected chi connectivity index (χ1v) is 9.00. The van der Waals surface area contributed by atoms with Crippen LogP contribution in [-0.2, 0) is 13.5 Å². The number of fused-ring (bicyclic) bond motifs is 2. The number of benzene rings is 2. The third-order valence-electron chi connectivity index (χ3n) is 4.76. The van der Waals surface area contributed by atoms with Crippen molar-refractivity contribution in [1.82, 2.24) is 19.9 Å². The van der Waals surface area contributed by atoms with Crippen molar-refractivity contribution in [3.8, 4) is 5.75 Å². The summed E-state index contributed by atoms with van der Waals surface area (Å²) in [5.74, 6) is 1.62. The molecule has 138 valence electrons. The van der Waals surface area contributed by atoms with Crippen LogP contribution in [0.3, 0.4) is 0 Å². The van der Waals surface area contributed by atoms with Crippen molar-refractivity contribution < 1.29 is 9.53 Å². The van der Waals surface area contributed by atoms with Gasteiger partial charge in [-0.05, 0) is 36.8 Å². The van der Waals surface area contributed by atoms with E-state index in [0.717, 1.165) is 46.4 Å². The van der Waals surface area contributed by atoms with Gasteiger partial charge in [-0.2, -0.15) is 0 Å². The van der Waals surface area contributed by atoms with Gasteiger partial charge in [0.25, 0.3) is 5.91 Å². The molecule has 2 N–H and O–H groups in total. The van der Waals surface area contributed by atoms with Crippen LogP contribution < -0.4 is 10.1 Å². The number of carbonyl (C=O) groups excluding carboxylic acids is 1. The van der Waals surface area contributed by atoms with Gasteiger partial charge >= 0.3 is 0 Å². The van der Waals surface area contributed by atoms with E-state index in [-0.39, 0.29) is 5.91 Å². The second-order valence-electron chi connectivity index (χ2n) is 6.60. The molecule has 0 aliphatic heterocycles. The van der Waals surface area contributed by atoms with Gasteiger partial charge in [0.15, 0.2) is 0 Å². The summed E-state index contributed by atoms with van der Waals surface area (Å²) in [7, 11) is 3.56. The predicted molar refractivity (Wildman–Crippen MR) is 106 cm³/mol. The molecular formula is C21H22N4O2. The molecule has 0 saturated heterocycles. The molecule has 6 heteroatoms. The fraction of sp³-hybridized carbons (Fsp3) is 0.238. The highest BCUT2D eigenvalue weighted by molar-refractivity contribution is 6.07. The van der Waals surface area contributed by atoms with Gasteiger partial charge in [-0.15, -0.1) is 0 Å². The number of nitrogens with zero attached hydrogens (tertiary/aromatic N) is 2. The summed E-state index contributed by atoms with van der Waals surface area (Å²) in [6.07, 6.45) is 3.47. The van der Waals surface area contributed by atoms with Crippen molar-refractivity contribution in [3.05, 3.63) is 60.0 Å². The first-order valence-electron chi connectivity index (χ1n) is 9.00. The summed E-state index contributed by atoms with van der Waals surface area (Å²) < 4.78 is 7.24. The van der Waals surface area contributed by atoms with E-state index in [1.807, 2.05) is 60.3 Å².